The third-order valence-electron chi connectivity index (χ3n) is 4.45. The molecule has 12 heteroatoms. The number of halogens is 4. The van der Waals surface area contributed by atoms with Crippen molar-refractivity contribution in [2.45, 2.75) is 19.1 Å². The molecule has 160 valence electrons. The smallest absolute Gasteiger partial charge is 0.273 e. The number of aromatic nitrogens is 4. The van der Waals surface area contributed by atoms with Gasteiger partial charge in [0.2, 0.25) is 5.91 Å². The number of pyridine rings is 1. The highest BCUT2D eigenvalue weighted by atomic mass is 79.9. The Balaban J connectivity index is 1.62. The summed E-state index contributed by atoms with van der Waals surface area (Å²) in [5, 5.41) is 13.4. The van der Waals surface area contributed by atoms with Crippen LogP contribution >= 0.6 is 27.3 Å². The molecule has 0 fully saturated rings. The van der Waals surface area contributed by atoms with Crippen LogP contribution in [0.5, 0.6) is 0 Å². The molecule has 0 radical (unpaired) electrons. The summed E-state index contributed by atoms with van der Waals surface area (Å²) in [4.78, 5) is 26.4. The maximum Gasteiger partial charge on any atom is 0.273 e. The molecule has 0 saturated carbocycles. The van der Waals surface area contributed by atoms with E-state index in [1.54, 1.807) is 5.38 Å². The molecule has 0 aliphatic carbocycles. The van der Waals surface area contributed by atoms with Crippen LogP contribution < -0.4 is 10.9 Å². The minimum absolute atomic E-state index is 0.197. The average molecular weight is 512 g/mol. The molecule has 1 unspecified atom stereocenters. The number of carbonyl (C=O) groups is 1. The zero-order chi connectivity index (χ0) is 22.1. The lowest BCUT2D eigenvalue weighted by Crippen LogP contribution is -2.27. The van der Waals surface area contributed by atoms with Gasteiger partial charge in [-0.25, -0.2) is 13.2 Å². The first-order valence-corrected chi connectivity index (χ1v) is 10.5. The third kappa shape index (κ3) is 4.26. The molecule has 4 rings (SSSR count). The molecular formula is C19H13BrF3N5O2S. The Morgan fingerprint density at radius 1 is 1.16 bits per heavy atom. The number of rotatable bonds is 6. The normalized spacial score (nSPS) is 12.4. The van der Waals surface area contributed by atoms with Crippen LogP contribution in [-0.2, 0) is 11.3 Å². The Morgan fingerprint density at radius 3 is 2.61 bits per heavy atom. The molecule has 0 aliphatic rings. The molecule has 1 aromatic carbocycles. The Kier molecular flexibility index (Phi) is 5.92. The number of amides is 1. The number of nitrogens with zero attached hydrogens (tertiary/aromatic N) is 4. The molecular weight excluding hydrogens is 499 g/mol. The summed E-state index contributed by atoms with van der Waals surface area (Å²) in [6.45, 7) is -0.328. The largest absolute Gasteiger partial charge is 0.314 e. The summed E-state index contributed by atoms with van der Waals surface area (Å²) in [5.41, 5.74) is 0.216. The van der Waals surface area contributed by atoms with E-state index in [2.05, 4.69) is 31.4 Å². The van der Waals surface area contributed by atoms with Crippen LogP contribution in [0.2, 0.25) is 0 Å². The van der Waals surface area contributed by atoms with Gasteiger partial charge in [-0.05, 0) is 45.1 Å². The Hall–Kier alpha value is -2.99. The van der Waals surface area contributed by atoms with Gasteiger partial charge in [-0.2, -0.15) is 10.2 Å². The zero-order valence-electron chi connectivity index (χ0n) is 15.5. The molecule has 1 N–H and O–H groups in total. The molecule has 0 saturated heterocycles. The summed E-state index contributed by atoms with van der Waals surface area (Å²) in [6.07, 6.45) is -2.59. The molecule has 3 heterocycles. The summed E-state index contributed by atoms with van der Waals surface area (Å²) >= 11 is 4.64. The standard InChI is InChI=1S/C19H13BrF3N5O2S/c20-12-9-31-19(17(12)28-24-5-6-25-28)26-14(29)8-27-13-3-1-11(16(21)18(22)23)7-10(13)2-4-15(27)30/h1-7,9,16,18H,8H2,(H,26,29). The van der Waals surface area contributed by atoms with E-state index >= 15 is 0 Å². The first-order chi connectivity index (χ1) is 14.8. The fourth-order valence-electron chi connectivity index (χ4n) is 3.05. The predicted molar refractivity (Wildman–Crippen MR) is 114 cm³/mol. The number of benzene rings is 1. The number of thiophene rings is 1. The van der Waals surface area contributed by atoms with Gasteiger partial charge in [0.15, 0.2) is 6.17 Å². The Morgan fingerprint density at radius 2 is 1.90 bits per heavy atom. The van der Waals surface area contributed by atoms with Crippen LogP contribution in [-0.4, -0.2) is 31.9 Å². The highest BCUT2D eigenvalue weighted by Gasteiger charge is 2.22. The van der Waals surface area contributed by atoms with Crippen molar-refractivity contribution in [1.82, 2.24) is 19.6 Å². The highest BCUT2D eigenvalue weighted by molar-refractivity contribution is 9.10. The molecule has 31 heavy (non-hydrogen) atoms. The summed E-state index contributed by atoms with van der Waals surface area (Å²) in [7, 11) is 0. The number of nitrogens with one attached hydrogen (secondary N) is 1. The molecule has 0 aliphatic heterocycles. The fourth-order valence-corrected chi connectivity index (χ4v) is 4.63. The van der Waals surface area contributed by atoms with Crippen molar-refractivity contribution < 1.29 is 18.0 Å². The van der Waals surface area contributed by atoms with Crippen LogP contribution in [0, 0.1) is 0 Å². The predicted octanol–water partition coefficient (Wildman–Crippen LogP) is 4.32. The van der Waals surface area contributed by atoms with E-state index < -0.39 is 24.1 Å². The Bertz CT molecular complexity index is 1310. The Labute approximate surface area is 185 Å². The van der Waals surface area contributed by atoms with Gasteiger partial charge in [-0.3, -0.25) is 14.2 Å². The van der Waals surface area contributed by atoms with E-state index in [9.17, 15) is 22.8 Å². The van der Waals surface area contributed by atoms with Crippen molar-refractivity contribution in [3.63, 3.8) is 0 Å². The first kappa shape index (κ1) is 21.2. The van der Waals surface area contributed by atoms with E-state index in [0.29, 0.717) is 26.1 Å². The van der Waals surface area contributed by atoms with Gasteiger partial charge in [0, 0.05) is 11.4 Å². The van der Waals surface area contributed by atoms with Crippen LogP contribution in [0.3, 0.4) is 0 Å². The van der Waals surface area contributed by atoms with E-state index in [-0.39, 0.29) is 12.1 Å². The van der Waals surface area contributed by atoms with E-state index in [1.807, 2.05) is 0 Å². The summed E-state index contributed by atoms with van der Waals surface area (Å²) in [6, 6.07) is 6.40. The second-order valence-electron chi connectivity index (χ2n) is 6.44. The minimum atomic E-state index is -3.15. The SMILES string of the molecule is O=C(Cn1c(=O)ccc2cc(C(F)C(F)F)ccc21)Nc1scc(Br)c1-n1nccn1. The maximum atomic E-state index is 13.7. The van der Waals surface area contributed by atoms with Crippen molar-refractivity contribution in [2.75, 3.05) is 5.32 Å². The van der Waals surface area contributed by atoms with E-state index in [4.69, 9.17) is 0 Å². The lowest BCUT2D eigenvalue weighted by Gasteiger charge is -2.13. The van der Waals surface area contributed by atoms with E-state index in [0.717, 1.165) is 0 Å². The minimum Gasteiger partial charge on any atom is -0.314 e. The van der Waals surface area contributed by atoms with Gasteiger partial charge in [0.25, 0.3) is 12.0 Å². The van der Waals surface area contributed by atoms with Crippen LogP contribution in [0.15, 0.2) is 57.4 Å². The van der Waals surface area contributed by atoms with Gasteiger partial charge in [-0.1, -0.05) is 6.07 Å². The van der Waals surface area contributed by atoms with Crippen molar-refractivity contribution in [1.29, 1.82) is 0 Å². The van der Waals surface area contributed by atoms with E-state index in [1.165, 1.54) is 63.4 Å². The van der Waals surface area contributed by atoms with Crippen LogP contribution in [0.25, 0.3) is 16.6 Å². The van der Waals surface area contributed by atoms with Crippen LogP contribution in [0.1, 0.15) is 11.7 Å². The molecule has 3 aromatic heterocycles. The topological polar surface area (TPSA) is 81.8 Å². The second-order valence-corrected chi connectivity index (χ2v) is 8.17. The maximum absolute atomic E-state index is 13.7. The second kappa shape index (κ2) is 8.63. The number of hydrogen-bond donors (Lipinski definition) is 1. The van der Waals surface area contributed by atoms with Crippen molar-refractivity contribution in [3.8, 4) is 5.69 Å². The summed E-state index contributed by atoms with van der Waals surface area (Å²) in [5.74, 6) is -0.489. The van der Waals surface area contributed by atoms with Crippen molar-refractivity contribution in [2.24, 2.45) is 0 Å². The molecule has 0 spiro atoms. The van der Waals surface area contributed by atoms with Gasteiger partial charge in [0.05, 0.1) is 22.4 Å². The fraction of sp³-hybridized carbons (Fsp3) is 0.158. The lowest BCUT2D eigenvalue weighted by molar-refractivity contribution is -0.116. The number of carbonyl (C=O) groups excluding carboxylic acids is 1. The molecule has 0 bridgehead atoms. The molecule has 1 amide bonds. The lowest BCUT2D eigenvalue weighted by atomic mass is 10.1. The third-order valence-corrected chi connectivity index (χ3v) is 6.24. The van der Waals surface area contributed by atoms with Crippen LogP contribution in [0.4, 0.5) is 18.2 Å². The molecule has 4 aromatic rings. The summed E-state index contributed by atoms with van der Waals surface area (Å²) < 4.78 is 40.9. The zero-order valence-corrected chi connectivity index (χ0v) is 17.9. The first-order valence-electron chi connectivity index (χ1n) is 8.84. The molecule has 7 nitrogen and oxygen atoms in total. The van der Waals surface area contributed by atoms with Gasteiger partial charge >= 0.3 is 0 Å². The molecule has 1 atom stereocenters. The average Bonchev–Trinajstić information content (AvgIpc) is 3.38. The number of hydrogen-bond acceptors (Lipinski definition) is 5. The number of fused-ring (bicyclic) bond motifs is 1. The van der Waals surface area contributed by atoms with Gasteiger partial charge in [0.1, 0.15) is 17.2 Å². The van der Waals surface area contributed by atoms with Gasteiger partial charge < -0.3 is 5.32 Å². The quantitative estimate of drug-likeness (QED) is 0.418. The number of anilines is 1. The highest BCUT2D eigenvalue weighted by Crippen LogP contribution is 2.34. The van der Waals surface area contributed by atoms with Gasteiger partial charge in [-0.15, -0.1) is 16.1 Å². The van der Waals surface area contributed by atoms with Crippen molar-refractivity contribution in [3.05, 3.63) is 68.5 Å². The monoisotopic (exact) mass is 511 g/mol. The van der Waals surface area contributed by atoms with Crippen molar-refractivity contribution >= 4 is 49.1 Å². The number of alkyl halides is 3.